The van der Waals surface area contributed by atoms with E-state index in [1.807, 2.05) is 18.6 Å². The van der Waals surface area contributed by atoms with E-state index in [1.54, 1.807) is 0 Å². The lowest BCUT2D eigenvalue weighted by Gasteiger charge is -2.32. The lowest BCUT2D eigenvalue weighted by molar-refractivity contribution is 0.200. The summed E-state index contributed by atoms with van der Waals surface area (Å²) in [6, 6.07) is 8.73. The van der Waals surface area contributed by atoms with Gasteiger partial charge < -0.3 is 0 Å². The predicted molar refractivity (Wildman–Crippen MR) is 92.3 cm³/mol. The van der Waals surface area contributed by atoms with Gasteiger partial charge in [0.25, 0.3) is 0 Å². The average molecular weight is 306 g/mol. The first-order valence-electron chi connectivity index (χ1n) is 8.34. The molecule has 23 heavy (non-hydrogen) atoms. The predicted octanol–water partition coefficient (Wildman–Crippen LogP) is 3.65. The number of aromatic amines is 1. The van der Waals surface area contributed by atoms with Crippen molar-refractivity contribution in [2.45, 2.75) is 32.2 Å². The van der Waals surface area contributed by atoms with E-state index < -0.39 is 0 Å². The highest BCUT2D eigenvalue weighted by Gasteiger charge is 2.22. The molecular weight excluding hydrogens is 284 g/mol. The van der Waals surface area contributed by atoms with E-state index in [9.17, 15) is 0 Å². The molecule has 1 aromatic carbocycles. The number of piperidine rings is 1. The molecular formula is C19H22N4. The van der Waals surface area contributed by atoms with Crippen LogP contribution in [-0.2, 0) is 6.54 Å². The first-order valence-corrected chi connectivity index (χ1v) is 8.34. The van der Waals surface area contributed by atoms with Crippen LogP contribution in [0.4, 0.5) is 0 Å². The van der Waals surface area contributed by atoms with Gasteiger partial charge in [0.15, 0.2) is 0 Å². The Morgan fingerprint density at radius 2 is 2.22 bits per heavy atom. The number of nitrogens with zero attached hydrogens (tertiary/aromatic N) is 3. The van der Waals surface area contributed by atoms with E-state index in [0.717, 1.165) is 18.6 Å². The van der Waals surface area contributed by atoms with E-state index in [-0.39, 0.29) is 0 Å². The van der Waals surface area contributed by atoms with Crippen LogP contribution < -0.4 is 0 Å². The lowest BCUT2D eigenvalue weighted by Crippen LogP contribution is -2.33. The molecule has 1 N–H and O–H groups in total. The third-order valence-electron chi connectivity index (χ3n) is 4.80. The van der Waals surface area contributed by atoms with Gasteiger partial charge in [-0.15, -0.1) is 0 Å². The molecule has 1 aliphatic heterocycles. The highest BCUT2D eigenvalue weighted by molar-refractivity contribution is 5.79. The fourth-order valence-corrected chi connectivity index (χ4v) is 3.60. The van der Waals surface area contributed by atoms with Crippen molar-refractivity contribution in [1.29, 1.82) is 0 Å². The molecule has 118 valence electrons. The number of benzene rings is 1. The largest absolute Gasteiger partial charge is 0.298 e. The minimum atomic E-state index is 0.596. The monoisotopic (exact) mass is 306 g/mol. The maximum Gasteiger partial charge on any atom is 0.0702 e. The summed E-state index contributed by atoms with van der Waals surface area (Å²) in [5.74, 6) is 0.596. The SMILES string of the molecule is Cc1ccc2ncc(CN3CCCC(c4cn[nH]c4)C3)cc2c1. The highest BCUT2D eigenvalue weighted by Crippen LogP contribution is 2.27. The van der Waals surface area contributed by atoms with Gasteiger partial charge in [-0.2, -0.15) is 5.10 Å². The minimum Gasteiger partial charge on any atom is -0.298 e. The second kappa shape index (κ2) is 6.13. The van der Waals surface area contributed by atoms with Crippen LogP contribution in [0.25, 0.3) is 10.9 Å². The number of hydrogen-bond donors (Lipinski definition) is 1. The van der Waals surface area contributed by atoms with Gasteiger partial charge in [0, 0.05) is 30.9 Å². The summed E-state index contributed by atoms with van der Waals surface area (Å²) in [5.41, 5.74) is 5.00. The van der Waals surface area contributed by atoms with E-state index in [2.05, 4.69) is 51.3 Å². The smallest absolute Gasteiger partial charge is 0.0702 e. The fraction of sp³-hybridized carbons (Fsp3) is 0.368. The summed E-state index contributed by atoms with van der Waals surface area (Å²) < 4.78 is 0. The number of likely N-dealkylation sites (tertiary alicyclic amines) is 1. The van der Waals surface area contributed by atoms with Crippen molar-refractivity contribution in [3.63, 3.8) is 0 Å². The number of pyridine rings is 1. The molecule has 0 bridgehead atoms. The Kier molecular flexibility index (Phi) is 3.83. The molecule has 3 heterocycles. The summed E-state index contributed by atoms with van der Waals surface area (Å²) >= 11 is 0. The van der Waals surface area contributed by atoms with Crippen molar-refractivity contribution in [3.05, 3.63) is 59.5 Å². The number of hydrogen-bond acceptors (Lipinski definition) is 3. The molecule has 0 spiro atoms. The van der Waals surface area contributed by atoms with E-state index in [4.69, 9.17) is 0 Å². The summed E-state index contributed by atoms with van der Waals surface area (Å²) in [4.78, 5) is 7.16. The topological polar surface area (TPSA) is 44.8 Å². The summed E-state index contributed by atoms with van der Waals surface area (Å²) in [5, 5.41) is 8.28. The van der Waals surface area contributed by atoms with Crippen LogP contribution in [0, 0.1) is 6.92 Å². The van der Waals surface area contributed by atoms with Crippen molar-refractivity contribution < 1.29 is 0 Å². The fourth-order valence-electron chi connectivity index (χ4n) is 3.60. The van der Waals surface area contributed by atoms with Gasteiger partial charge in [-0.1, -0.05) is 11.6 Å². The third-order valence-corrected chi connectivity index (χ3v) is 4.80. The van der Waals surface area contributed by atoms with Gasteiger partial charge in [0.2, 0.25) is 0 Å². The molecule has 1 atom stereocenters. The van der Waals surface area contributed by atoms with Gasteiger partial charge in [-0.05, 0) is 61.6 Å². The molecule has 1 aliphatic rings. The normalized spacial score (nSPS) is 19.3. The van der Waals surface area contributed by atoms with Crippen molar-refractivity contribution in [2.75, 3.05) is 13.1 Å². The molecule has 0 amide bonds. The number of fused-ring (bicyclic) bond motifs is 1. The number of rotatable bonds is 3. The van der Waals surface area contributed by atoms with Gasteiger partial charge in [0.05, 0.1) is 11.7 Å². The molecule has 4 heteroatoms. The zero-order chi connectivity index (χ0) is 15.6. The quantitative estimate of drug-likeness (QED) is 0.803. The first kappa shape index (κ1) is 14.4. The molecule has 3 aromatic rings. The maximum absolute atomic E-state index is 4.62. The first-order chi connectivity index (χ1) is 11.3. The zero-order valence-electron chi connectivity index (χ0n) is 13.5. The third kappa shape index (κ3) is 3.13. The molecule has 4 rings (SSSR count). The van der Waals surface area contributed by atoms with Crippen LogP contribution in [0.15, 0.2) is 42.9 Å². The van der Waals surface area contributed by atoms with Crippen LogP contribution in [-0.4, -0.2) is 33.2 Å². The van der Waals surface area contributed by atoms with E-state index in [1.165, 1.54) is 41.5 Å². The molecule has 2 aromatic heterocycles. The minimum absolute atomic E-state index is 0.596. The van der Waals surface area contributed by atoms with Crippen molar-refractivity contribution in [3.8, 4) is 0 Å². The molecule has 0 radical (unpaired) electrons. The number of aryl methyl sites for hydroxylation is 1. The Hall–Kier alpha value is -2.20. The van der Waals surface area contributed by atoms with Gasteiger partial charge in [-0.25, -0.2) is 0 Å². The summed E-state index contributed by atoms with van der Waals surface area (Å²) in [7, 11) is 0. The molecule has 0 aliphatic carbocycles. The number of aromatic nitrogens is 3. The molecule has 4 nitrogen and oxygen atoms in total. The van der Waals surface area contributed by atoms with Crippen molar-refractivity contribution in [1.82, 2.24) is 20.1 Å². The van der Waals surface area contributed by atoms with Crippen molar-refractivity contribution >= 4 is 10.9 Å². The van der Waals surface area contributed by atoms with Gasteiger partial charge in [0.1, 0.15) is 0 Å². The van der Waals surface area contributed by atoms with Gasteiger partial charge >= 0.3 is 0 Å². The van der Waals surface area contributed by atoms with Crippen LogP contribution in [0.3, 0.4) is 0 Å². The van der Waals surface area contributed by atoms with Crippen LogP contribution in [0.2, 0.25) is 0 Å². The van der Waals surface area contributed by atoms with Crippen LogP contribution >= 0.6 is 0 Å². The Morgan fingerprint density at radius 3 is 3.09 bits per heavy atom. The standard InChI is InChI=1S/C19H22N4/c1-14-4-5-19-17(7-14)8-15(9-20-19)12-23-6-2-3-16(13-23)18-10-21-22-11-18/h4-5,7-11,16H,2-3,6,12-13H2,1H3,(H,21,22). The van der Waals surface area contributed by atoms with Gasteiger partial charge in [-0.3, -0.25) is 15.0 Å². The Morgan fingerprint density at radius 1 is 1.26 bits per heavy atom. The zero-order valence-corrected chi connectivity index (χ0v) is 13.5. The maximum atomic E-state index is 4.62. The van der Waals surface area contributed by atoms with Crippen LogP contribution in [0.5, 0.6) is 0 Å². The Balaban J connectivity index is 1.51. The average Bonchev–Trinajstić information content (AvgIpc) is 3.09. The summed E-state index contributed by atoms with van der Waals surface area (Å²) in [6.07, 6.45) is 8.53. The second-order valence-corrected chi connectivity index (χ2v) is 6.65. The molecule has 1 fully saturated rings. The molecule has 1 saturated heterocycles. The summed E-state index contributed by atoms with van der Waals surface area (Å²) in [6.45, 7) is 5.38. The Bertz CT molecular complexity index is 794. The highest BCUT2D eigenvalue weighted by atomic mass is 15.1. The lowest BCUT2D eigenvalue weighted by atomic mass is 9.92. The van der Waals surface area contributed by atoms with Crippen molar-refractivity contribution in [2.24, 2.45) is 0 Å². The van der Waals surface area contributed by atoms with E-state index >= 15 is 0 Å². The number of H-pyrrole nitrogens is 1. The molecule has 1 unspecified atom stereocenters. The number of nitrogens with one attached hydrogen (secondary N) is 1. The Labute approximate surface area is 136 Å². The van der Waals surface area contributed by atoms with Crippen LogP contribution in [0.1, 0.15) is 35.4 Å². The molecule has 0 saturated carbocycles. The second-order valence-electron chi connectivity index (χ2n) is 6.65. The van der Waals surface area contributed by atoms with E-state index in [0.29, 0.717) is 5.92 Å².